The van der Waals surface area contributed by atoms with E-state index in [1.165, 1.54) is 5.69 Å². The van der Waals surface area contributed by atoms with Crippen molar-refractivity contribution in [1.29, 1.82) is 0 Å². The van der Waals surface area contributed by atoms with Crippen LogP contribution in [0, 0.1) is 19.7 Å². The first kappa shape index (κ1) is 14.9. The molecule has 0 N–H and O–H groups in total. The van der Waals surface area contributed by atoms with E-state index in [9.17, 15) is 4.39 Å². The summed E-state index contributed by atoms with van der Waals surface area (Å²) in [6.07, 6.45) is 1.81. The van der Waals surface area contributed by atoms with E-state index in [-0.39, 0.29) is 5.82 Å². The lowest BCUT2D eigenvalue weighted by Crippen LogP contribution is -2.46. The van der Waals surface area contributed by atoms with Crippen LogP contribution >= 0.6 is 0 Å². The zero-order chi connectivity index (χ0) is 15.7. The highest BCUT2D eigenvalue weighted by Gasteiger charge is 2.22. The summed E-state index contributed by atoms with van der Waals surface area (Å²) in [7, 11) is 1.95. The highest BCUT2D eigenvalue weighted by atomic mass is 19.1. The van der Waals surface area contributed by atoms with E-state index < -0.39 is 0 Å². The van der Waals surface area contributed by atoms with Gasteiger partial charge in [0.05, 0.1) is 11.4 Å². The number of piperazine rings is 1. The number of hydrogen-bond donors (Lipinski definition) is 0. The molecule has 2 aromatic rings. The standard InChI is InChI=1S/C15H21FN6/c1-11-14(16)15(19-12(2)18-11)22-8-6-21(7-9-22)10-13-4-5-17-20(13)3/h4-5H,6-10H2,1-3H3. The van der Waals surface area contributed by atoms with Gasteiger partial charge in [-0.05, 0) is 19.9 Å². The molecule has 1 aliphatic rings. The summed E-state index contributed by atoms with van der Waals surface area (Å²) < 4.78 is 16.1. The number of aryl methyl sites for hydroxylation is 3. The number of hydrogen-bond acceptors (Lipinski definition) is 5. The van der Waals surface area contributed by atoms with E-state index in [1.54, 1.807) is 13.8 Å². The molecule has 6 nitrogen and oxygen atoms in total. The highest BCUT2D eigenvalue weighted by Crippen LogP contribution is 2.20. The van der Waals surface area contributed by atoms with Crippen molar-refractivity contribution >= 4 is 5.82 Å². The third-order valence-electron chi connectivity index (χ3n) is 4.09. The normalized spacial score (nSPS) is 16.3. The van der Waals surface area contributed by atoms with E-state index in [4.69, 9.17) is 0 Å². The van der Waals surface area contributed by atoms with Crippen molar-refractivity contribution in [3.63, 3.8) is 0 Å². The van der Waals surface area contributed by atoms with Gasteiger partial charge in [-0.2, -0.15) is 5.10 Å². The zero-order valence-corrected chi connectivity index (χ0v) is 13.3. The lowest BCUT2D eigenvalue weighted by molar-refractivity contribution is 0.242. The Kier molecular flexibility index (Phi) is 4.06. The van der Waals surface area contributed by atoms with Crippen molar-refractivity contribution in [2.75, 3.05) is 31.1 Å². The molecule has 7 heteroatoms. The lowest BCUT2D eigenvalue weighted by Gasteiger charge is -2.35. The van der Waals surface area contributed by atoms with Crippen molar-refractivity contribution in [3.8, 4) is 0 Å². The Morgan fingerprint density at radius 1 is 1.14 bits per heavy atom. The molecule has 3 rings (SSSR count). The van der Waals surface area contributed by atoms with Crippen LogP contribution in [0.4, 0.5) is 10.2 Å². The molecule has 0 atom stereocenters. The fraction of sp³-hybridized carbons (Fsp3) is 0.533. The second-order valence-corrected chi connectivity index (χ2v) is 5.70. The molecule has 0 amide bonds. The zero-order valence-electron chi connectivity index (χ0n) is 13.3. The van der Waals surface area contributed by atoms with Crippen LogP contribution in [-0.2, 0) is 13.6 Å². The molecular weight excluding hydrogens is 283 g/mol. The maximum Gasteiger partial charge on any atom is 0.186 e. The van der Waals surface area contributed by atoms with Crippen molar-refractivity contribution in [3.05, 3.63) is 35.3 Å². The van der Waals surface area contributed by atoms with Gasteiger partial charge in [0.1, 0.15) is 5.82 Å². The van der Waals surface area contributed by atoms with Gasteiger partial charge in [-0.3, -0.25) is 9.58 Å². The molecular formula is C15H21FN6. The predicted octanol–water partition coefficient (Wildman–Crippen LogP) is 1.29. The second kappa shape index (κ2) is 6.00. The molecule has 0 aliphatic carbocycles. The van der Waals surface area contributed by atoms with Gasteiger partial charge in [-0.25, -0.2) is 14.4 Å². The fourth-order valence-electron chi connectivity index (χ4n) is 2.79. The Labute approximate surface area is 129 Å². The predicted molar refractivity (Wildman–Crippen MR) is 82.2 cm³/mol. The van der Waals surface area contributed by atoms with Gasteiger partial charge >= 0.3 is 0 Å². The van der Waals surface area contributed by atoms with Gasteiger partial charge in [0, 0.05) is 46.0 Å². The minimum absolute atomic E-state index is 0.300. The fourth-order valence-corrected chi connectivity index (χ4v) is 2.79. The van der Waals surface area contributed by atoms with Crippen LogP contribution in [0.15, 0.2) is 12.3 Å². The van der Waals surface area contributed by atoms with Gasteiger partial charge in [0.25, 0.3) is 0 Å². The minimum atomic E-state index is -0.300. The molecule has 22 heavy (non-hydrogen) atoms. The Morgan fingerprint density at radius 2 is 1.86 bits per heavy atom. The molecule has 0 aromatic carbocycles. The molecule has 1 aliphatic heterocycles. The van der Waals surface area contributed by atoms with E-state index in [2.05, 4.69) is 20.0 Å². The van der Waals surface area contributed by atoms with Crippen LogP contribution in [0.3, 0.4) is 0 Å². The topological polar surface area (TPSA) is 50.1 Å². The molecule has 0 spiro atoms. The van der Waals surface area contributed by atoms with Crippen LogP contribution in [0.1, 0.15) is 17.2 Å². The van der Waals surface area contributed by atoms with Crippen LogP contribution in [0.25, 0.3) is 0 Å². The Morgan fingerprint density at radius 3 is 2.50 bits per heavy atom. The van der Waals surface area contributed by atoms with E-state index in [1.807, 2.05) is 28.9 Å². The van der Waals surface area contributed by atoms with Crippen molar-refractivity contribution < 1.29 is 4.39 Å². The van der Waals surface area contributed by atoms with Gasteiger partial charge in [-0.15, -0.1) is 0 Å². The third kappa shape index (κ3) is 2.94. The first-order chi connectivity index (χ1) is 10.5. The number of aromatic nitrogens is 4. The van der Waals surface area contributed by atoms with Crippen LogP contribution in [0.2, 0.25) is 0 Å². The van der Waals surface area contributed by atoms with E-state index in [0.717, 1.165) is 32.7 Å². The average Bonchev–Trinajstić information content (AvgIpc) is 2.89. The summed E-state index contributed by atoms with van der Waals surface area (Å²) in [5.74, 6) is 0.752. The van der Waals surface area contributed by atoms with Crippen LogP contribution in [-0.4, -0.2) is 50.8 Å². The number of halogens is 1. The van der Waals surface area contributed by atoms with Gasteiger partial charge in [0.15, 0.2) is 11.6 Å². The van der Waals surface area contributed by atoms with Crippen molar-refractivity contribution in [1.82, 2.24) is 24.6 Å². The van der Waals surface area contributed by atoms with Crippen molar-refractivity contribution in [2.45, 2.75) is 20.4 Å². The minimum Gasteiger partial charge on any atom is -0.352 e. The Bertz CT molecular complexity index is 660. The molecule has 3 heterocycles. The maximum atomic E-state index is 14.2. The SMILES string of the molecule is Cc1nc(C)c(F)c(N2CCN(Cc3ccnn3C)CC2)n1. The average molecular weight is 304 g/mol. The first-order valence-electron chi connectivity index (χ1n) is 7.49. The van der Waals surface area contributed by atoms with Crippen LogP contribution in [0.5, 0.6) is 0 Å². The smallest absolute Gasteiger partial charge is 0.186 e. The molecule has 1 saturated heterocycles. The highest BCUT2D eigenvalue weighted by molar-refractivity contribution is 5.42. The molecule has 118 valence electrons. The number of nitrogens with zero attached hydrogens (tertiary/aromatic N) is 6. The largest absolute Gasteiger partial charge is 0.352 e. The Hall–Kier alpha value is -2.02. The second-order valence-electron chi connectivity index (χ2n) is 5.70. The molecule has 0 saturated carbocycles. The molecule has 1 fully saturated rings. The Balaban J connectivity index is 1.66. The molecule has 0 radical (unpaired) electrons. The van der Waals surface area contributed by atoms with Crippen LogP contribution < -0.4 is 4.90 Å². The molecule has 2 aromatic heterocycles. The summed E-state index contributed by atoms with van der Waals surface area (Å²) >= 11 is 0. The number of anilines is 1. The van der Waals surface area contributed by atoms with E-state index >= 15 is 0 Å². The summed E-state index contributed by atoms with van der Waals surface area (Å²) in [4.78, 5) is 12.7. The third-order valence-corrected chi connectivity index (χ3v) is 4.09. The summed E-state index contributed by atoms with van der Waals surface area (Å²) in [6.45, 7) is 7.66. The summed E-state index contributed by atoms with van der Waals surface area (Å²) in [5, 5.41) is 4.19. The first-order valence-corrected chi connectivity index (χ1v) is 7.49. The summed E-state index contributed by atoms with van der Waals surface area (Å²) in [5.41, 5.74) is 1.60. The lowest BCUT2D eigenvalue weighted by atomic mass is 10.2. The quantitative estimate of drug-likeness (QED) is 0.855. The molecule has 0 unspecified atom stereocenters. The molecule has 0 bridgehead atoms. The summed E-state index contributed by atoms with van der Waals surface area (Å²) in [6, 6.07) is 2.03. The van der Waals surface area contributed by atoms with Gasteiger partial charge in [0.2, 0.25) is 0 Å². The van der Waals surface area contributed by atoms with E-state index in [0.29, 0.717) is 17.3 Å². The van der Waals surface area contributed by atoms with Gasteiger partial charge < -0.3 is 4.90 Å². The van der Waals surface area contributed by atoms with Crippen molar-refractivity contribution in [2.24, 2.45) is 7.05 Å². The maximum absolute atomic E-state index is 14.2. The van der Waals surface area contributed by atoms with Gasteiger partial charge in [-0.1, -0.05) is 0 Å². The monoisotopic (exact) mass is 304 g/mol. The number of rotatable bonds is 3.